The summed E-state index contributed by atoms with van der Waals surface area (Å²) >= 11 is 0. The maximum absolute atomic E-state index is 12.9. The number of carbonyl (C=O) groups is 2. The fraction of sp³-hybridized carbons (Fsp3) is 0.556. The number of carbonyl (C=O) groups excluding carboxylic acids is 1. The fourth-order valence-corrected chi connectivity index (χ4v) is 3.54. The Bertz CT molecular complexity index is 557. The van der Waals surface area contributed by atoms with Crippen molar-refractivity contribution in [1.29, 1.82) is 0 Å². The van der Waals surface area contributed by atoms with Crippen molar-refractivity contribution in [3.63, 3.8) is 0 Å². The van der Waals surface area contributed by atoms with Gasteiger partial charge in [-0.1, -0.05) is 12.8 Å². The Morgan fingerprint density at radius 1 is 1.04 bits per heavy atom. The lowest BCUT2D eigenvalue weighted by Gasteiger charge is -2.31. The summed E-state index contributed by atoms with van der Waals surface area (Å²) < 4.78 is 5.71. The first-order valence-electron chi connectivity index (χ1n) is 8.41. The Morgan fingerprint density at radius 2 is 1.70 bits per heavy atom. The predicted molar refractivity (Wildman–Crippen MR) is 85.7 cm³/mol. The third-order valence-electron chi connectivity index (χ3n) is 4.83. The van der Waals surface area contributed by atoms with E-state index in [1.165, 1.54) is 12.1 Å². The molecule has 2 fully saturated rings. The minimum absolute atomic E-state index is 0.00987. The van der Waals surface area contributed by atoms with E-state index in [2.05, 4.69) is 0 Å². The summed E-state index contributed by atoms with van der Waals surface area (Å²) in [7, 11) is 0. The van der Waals surface area contributed by atoms with E-state index in [1.807, 2.05) is 4.90 Å². The summed E-state index contributed by atoms with van der Waals surface area (Å²) in [5.41, 5.74) is 0.757. The molecule has 0 aromatic heterocycles. The van der Waals surface area contributed by atoms with Crippen LogP contribution in [0.3, 0.4) is 0 Å². The molecule has 1 aliphatic heterocycles. The Balaban J connectivity index is 1.76. The monoisotopic (exact) mass is 317 g/mol. The first-order chi connectivity index (χ1) is 11.1. The van der Waals surface area contributed by atoms with Crippen LogP contribution in [0.5, 0.6) is 0 Å². The molecule has 3 rings (SSSR count). The molecule has 1 aromatic carbocycles. The van der Waals surface area contributed by atoms with E-state index in [9.17, 15) is 9.59 Å². The number of carboxylic acids is 1. The Hall–Kier alpha value is -1.88. The van der Waals surface area contributed by atoms with Crippen LogP contribution in [0.4, 0.5) is 0 Å². The van der Waals surface area contributed by atoms with E-state index in [4.69, 9.17) is 9.84 Å². The first kappa shape index (κ1) is 16.0. The van der Waals surface area contributed by atoms with Crippen LogP contribution in [0.2, 0.25) is 0 Å². The van der Waals surface area contributed by atoms with Crippen molar-refractivity contribution in [3.05, 3.63) is 35.4 Å². The summed E-state index contributed by atoms with van der Waals surface area (Å²) in [5.74, 6) is -0.986. The highest BCUT2D eigenvalue weighted by Crippen LogP contribution is 2.27. The molecule has 1 heterocycles. The fourth-order valence-electron chi connectivity index (χ4n) is 3.54. The smallest absolute Gasteiger partial charge is 0.335 e. The third kappa shape index (κ3) is 3.72. The number of hydrogen-bond donors (Lipinski definition) is 1. The van der Waals surface area contributed by atoms with Gasteiger partial charge >= 0.3 is 5.97 Å². The molecule has 2 aliphatic rings. The minimum Gasteiger partial charge on any atom is -0.478 e. The molecule has 5 nitrogen and oxygen atoms in total. The van der Waals surface area contributed by atoms with E-state index < -0.39 is 5.97 Å². The van der Waals surface area contributed by atoms with Crippen LogP contribution in [-0.2, 0) is 4.74 Å². The molecule has 1 N–H and O–H groups in total. The van der Waals surface area contributed by atoms with Crippen LogP contribution in [0.25, 0.3) is 0 Å². The lowest BCUT2D eigenvalue weighted by Crippen LogP contribution is -2.43. The zero-order valence-electron chi connectivity index (χ0n) is 13.2. The maximum atomic E-state index is 12.9. The summed E-state index contributed by atoms with van der Waals surface area (Å²) in [5, 5.41) is 8.97. The Morgan fingerprint density at radius 3 is 2.26 bits per heavy atom. The second kappa shape index (κ2) is 7.13. The zero-order valence-corrected chi connectivity index (χ0v) is 13.2. The van der Waals surface area contributed by atoms with Crippen LogP contribution in [0.1, 0.15) is 59.2 Å². The molecule has 1 aliphatic carbocycles. The van der Waals surface area contributed by atoms with Crippen molar-refractivity contribution in [2.75, 3.05) is 13.2 Å². The largest absolute Gasteiger partial charge is 0.478 e. The van der Waals surface area contributed by atoms with Crippen molar-refractivity contribution < 1.29 is 19.4 Å². The molecule has 5 heteroatoms. The molecular formula is C18H23NO4. The second-order valence-electron chi connectivity index (χ2n) is 6.41. The molecule has 1 saturated heterocycles. The molecule has 1 atom stereocenters. The van der Waals surface area contributed by atoms with Gasteiger partial charge in [0.15, 0.2) is 0 Å². The molecule has 0 unspecified atom stereocenters. The number of amides is 1. The van der Waals surface area contributed by atoms with Crippen molar-refractivity contribution in [2.24, 2.45) is 0 Å². The second-order valence-corrected chi connectivity index (χ2v) is 6.41. The van der Waals surface area contributed by atoms with Crippen LogP contribution < -0.4 is 0 Å². The standard InChI is InChI=1S/C18H23NO4/c20-17(13-7-9-14(10-8-13)18(21)22)19(15-4-1-2-5-15)12-16-6-3-11-23-16/h7-10,15-16H,1-6,11-12H2,(H,21,22)/t16-/m1/s1. The molecule has 0 radical (unpaired) electrons. The van der Waals surface area contributed by atoms with Gasteiger partial charge in [0.05, 0.1) is 11.7 Å². The van der Waals surface area contributed by atoms with Crippen LogP contribution in [0, 0.1) is 0 Å². The van der Waals surface area contributed by atoms with Crippen LogP contribution in [-0.4, -0.2) is 47.2 Å². The Kier molecular flexibility index (Phi) is 4.96. The number of ether oxygens (including phenoxy) is 1. The molecule has 1 aromatic rings. The van der Waals surface area contributed by atoms with Gasteiger partial charge in [-0.15, -0.1) is 0 Å². The summed E-state index contributed by atoms with van der Waals surface area (Å²) in [6.45, 7) is 1.43. The molecule has 1 amide bonds. The van der Waals surface area contributed by atoms with E-state index in [1.54, 1.807) is 12.1 Å². The van der Waals surface area contributed by atoms with E-state index in [0.717, 1.165) is 45.1 Å². The Labute approximate surface area is 136 Å². The van der Waals surface area contributed by atoms with Crippen molar-refractivity contribution >= 4 is 11.9 Å². The molecule has 124 valence electrons. The molecule has 0 bridgehead atoms. The predicted octanol–water partition coefficient (Wildman–Crippen LogP) is 2.95. The van der Waals surface area contributed by atoms with Gasteiger partial charge in [-0.2, -0.15) is 0 Å². The van der Waals surface area contributed by atoms with E-state index in [-0.39, 0.29) is 23.6 Å². The lowest BCUT2D eigenvalue weighted by atomic mass is 10.1. The number of carboxylic acid groups (broad SMARTS) is 1. The van der Waals surface area contributed by atoms with Crippen molar-refractivity contribution in [2.45, 2.75) is 50.7 Å². The molecule has 23 heavy (non-hydrogen) atoms. The summed E-state index contributed by atoms with van der Waals surface area (Å²) in [6, 6.07) is 6.50. The average molecular weight is 317 g/mol. The lowest BCUT2D eigenvalue weighted by molar-refractivity contribution is 0.0420. The summed E-state index contributed by atoms with van der Waals surface area (Å²) in [4.78, 5) is 25.8. The molecule has 0 spiro atoms. The highest BCUT2D eigenvalue weighted by molar-refractivity contribution is 5.96. The topological polar surface area (TPSA) is 66.8 Å². The van der Waals surface area contributed by atoms with Gasteiger partial charge < -0.3 is 14.7 Å². The van der Waals surface area contributed by atoms with Gasteiger partial charge in [0.25, 0.3) is 5.91 Å². The van der Waals surface area contributed by atoms with Gasteiger partial charge in [0.2, 0.25) is 0 Å². The minimum atomic E-state index is -0.976. The van der Waals surface area contributed by atoms with Crippen LogP contribution in [0.15, 0.2) is 24.3 Å². The van der Waals surface area contributed by atoms with Gasteiger partial charge in [0.1, 0.15) is 0 Å². The van der Waals surface area contributed by atoms with Gasteiger partial charge in [-0.3, -0.25) is 4.79 Å². The quantitative estimate of drug-likeness (QED) is 0.906. The first-order valence-corrected chi connectivity index (χ1v) is 8.41. The number of aromatic carboxylic acids is 1. The number of benzene rings is 1. The maximum Gasteiger partial charge on any atom is 0.335 e. The van der Waals surface area contributed by atoms with Gasteiger partial charge in [-0.25, -0.2) is 4.79 Å². The number of nitrogens with zero attached hydrogens (tertiary/aromatic N) is 1. The van der Waals surface area contributed by atoms with Crippen molar-refractivity contribution in [3.8, 4) is 0 Å². The van der Waals surface area contributed by atoms with Crippen LogP contribution >= 0.6 is 0 Å². The number of rotatable bonds is 5. The number of hydrogen-bond acceptors (Lipinski definition) is 3. The van der Waals surface area contributed by atoms with Crippen molar-refractivity contribution in [1.82, 2.24) is 4.90 Å². The van der Waals surface area contributed by atoms with E-state index in [0.29, 0.717) is 12.1 Å². The normalized spacial score (nSPS) is 21.5. The highest BCUT2D eigenvalue weighted by Gasteiger charge is 2.30. The molecular weight excluding hydrogens is 294 g/mol. The average Bonchev–Trinajstić information content (AvgIpc) is 3.25. The van der Waals surface area contributed by atoms with Gasteiger partial charge in [0, 0.05) is 24.8 Å². The SMILES string of the molecule is O=C(O)c1ccc(C(=O)N(C[C@H]2CCCO2)C2CCCC2)cc1. The summed E-state index contributed by atoms with van der Waals surface area (Å²) in [6.07, 6.45) is 6.63. The third-order valence-corrected chi connectivity index (χ3v) is 4.83. The van der Waals surface area contributed by atoms with E-state index >= 15 is 0 Å². The zero-order chi connectivity index (χ0) is 16.2. The molecule has 1 saturated carbocycles. The van der Waals surface area contributed by atoms with Gasteiger partial charge in [-0.05, 0) is 49.9 Å². The highest BCUT2D eigenvalue weighted by atomic mass is 16.5.